The number of hydrogen-bond acceptors (Lipinski definition) is 1. The summed E-state index contributed by atoms with van der Waals surface area (Å²) in [6, 6.07) is 69.5. The van der Waals surface area contributed by atoms with Gasteiger partial charge in [-0.1, -0.05) is 190 Å². The molecule has 0 unspecified atom stereocenters. The van der Waals surface area contributed by atoms with Crippen LogP contribution in [-0.2, 0) is 5.41 Å². The smallest absolute Gasteiger partial charge is 0.0547 e. The maximum Gasteiger partial charge on any atom is 0.0547 e. The highest BCUT2D eigenvalue weighted by Crippen LogP contribution is 2.50. The van der Waals surface area contributed by atoms with Crippen LogP contribution in [0.2, 0.25) is 0 Å². The molecule has 0 saturated heterocycles. The van der Waals surface area contributed by atoms with Crippen molar-refractivity contribution in [1.29, 1.82) is 0 Å². The molecule has 58 heavy (non-hydrogen) atoms. The van der Waals surface area contributed by atoms with E-state index in [4.69, 9.17) is 0 Å². The van der Waals surface area contributed by atoms with Crippen LogP contribution in [0.3, 0.4) is 0 Å². The van der Waals surface area contributed by atoms with E-state index in [2.05, 4.69) is 236 Å². The van der Waals surface area contributed by atoms with Gasteiger partial charge < -0.3 is 9.88 Å². The predicted octanol–water partition coefficient (Wildman–Crippen LogP) is 14.4. The van der Waals surface area contributed by atoms with Gasteiger partial charge in [-0.2, -0.15) is 0 Å². The summed E-state index contributed by atoms with van der Waals surface area (Å²) in [5.74, 6) is 0. The van der Waals surface area contributed by atoms with E-state index >= 15 is 0 Å². The Bertz CT molecular complexity index is 2920. The van der Waals surface area contributed by atoms with E-state index in [9.17, 15) is 0 Å². The quantitative estimate of drug-likeness (QED) is 0.179. The van der Waals surface area contributed by atoms with Crippen LogP contribution in [0, 0.1) is 0 Å². The molecule has 280 valence electrons. The number of benzene rings is 8. The van der Waals surface area contributed by atoms with Crippen LogP contribution in [0.15, 0.2) is 218 Å². The van der Waals surface area contributed by atoms with Gasteiger partial charge in [-0.15, -0.1) is 0 Å². The lowest BCUT2D eigenvalue weighted by atomic mass is 9.81. The van der Waals surface area contributed by atoms with E-state index in [1.54, 1.807) is 0 Å². The Morgan fingerprint density at radius 1 is 0.517 bits per heavy atom. The molecule has 0 atom stereocenters. The summed E-state index contributed by atoms with van der Waals surface area (Å²) in [5, 5.41) is 8.21. The molecule has 9 aromatic rings. The fourth-order valence-corrected chi connectivity index (χ4v) is 8.64. The molecule has 2 heteroatoms. The molecule has 8 aromatic carbocycles. The molecule has 1 aromatic heterocycles. The first-order valence-corrected chi connectivity index (χ1v) is 20.1. The summed E-state index contributed by atoms with van der Waals surface area (Å²) in [5.41, 5.74) is 15.2. The second-order valence-electron chi connectivity index (χ2n) is 15.4. The van der Waals surface area contributed by atoms with Crippen LogP contribution >= 0.6 is 0 Å². The van der Waals surface area contributed by atoms with Crippen molar-refractivity contribution < 1.29 is 0 Å². The number of hydrogen-bond donors (Lipinski definition) is 1. The van der Waals surface area contributed by atoms with Gasteiger partial charge in [-0.05, 0) is 103 Å². The molecule has 0 bridgehead atoms. The summed E-state index contributed by atoms with van der Waals surface area (Å²) in [7, 11) is 1.92. The second-order valence-corrected chi connectivity index (χ2v) is 15.4. The molecule has 0 spiro atoms. The summed E-state index contributed by atoms with van der Waals surface area (Å²) in [4.78, 5) is 0. The molecule has 1 aliphatic carbocycles. The van der Waals surface area contributed by atoms with Crippen molar-refractivity contribution in [2.24, 2.45) is 0 Å². The van der Waals surface area contributed by atoms with Crippen LogP contribution in [0.1, 0.15) is 30.5 Å². The van der Waals surface area contributed by atoms with Gasteiger partial charge in [0.1, 0.15) is 0 Å². The zero-order valence-corrected chi connectivity index (χ0v) is 33.2. The highest BCUT2D eigenvalue weighted by Gasteiger charge is 2.37. The largest absolute Gasteiger partial charge is 0.394 e. The molecule has 0 aliphatic heterocycles. The van der Waals surface area contributed by atoms with Gasteiger partial charge in [0.05, 0.1) is 11.0 Å². The summed E-state index contributed by atoms with van der Waals surface area (Å²) < 4.78 is 2.43. The molecule has 0 saturated carbocycles. The molecule has 0 fully saturated rings. The number of allylic oxidation sites excluding steroid dienone is 4. The number of fused-ring (bicyclic) bond motifs is 6. The van der Waals surface area contributed by atoms with Crippen molar-refractivity contribution in [3.8, 4) is 27.9 Å². The number of para-hydroxylation sites is 1. The third kappa shape index (κ3) is 6.84. The third-order valence-electron chi connectivity index (χ3n) is 11.4. The third-order valence-corrected chi connectivity index (χ3v) is 11.4. The Morgan fingerprint density at radius 3 is 1.79 bits per heavy atom. The number of nitrogens with zero attached hydrogens (tertiary/aromatic N) is 1. The molecule has 0 radical (unpaired) electrons. The molecule has 1 aliphatic rings. The first kappa shape index (κ1) is 36.5. The normalized spacial score (nSPS) is 14.6. The molecule has 1 N–H and O–H groups in total. The first-order valence-electron chi connectivity index (χ1n) is 20.1. The van der Waals surface area contributed by atoms with Gasteiger partial charge >= 0.3 is 0 Å². The van der Waals surface area contributed by atoms with Crippen LogP contribution in [0.5, 0.6) is 0 Å². The van der Waals surface area contributed by atoms with Crippen molar-refractivity contribution in [2.75, 3.05) is 7.05 Å². The standard InChI is InChI=1S/C34H23N.C22H23N/c1-3-11-24(12-4-1)27-21-28(25-13-5-2-6-14-25)23-29(22-27)35-32-18-10-9-17-31(32)34-30-16-8-7-15-26(30)19-20-33(34)35;1-22(2)20-14-8-7-12-18(20)19(13-9-15-23-3)21(22)16-17-10-5-4-6-11-17/h1-23H;4-16,23H,1-3H3/b;15-9+,19-13-,21-16+. The van der Waals surface area contributed by atoms with E-state index in [0.29, 0.717) is 0 Å². The van der Waals surface area contributed by atoms with Gasteiger partial charge in [0, 0.05) is 28.9 Å². The molecule has 0 amide bonds. The average Bonchev–Trinajstić information content (AvgIpc) is 3.73. The monoisotopic (exact) mass is 746 g/mol. The number of aromatic nitrogens is 1. The maximum atomic E-state index is 3.06. The number of nitrogens with one attached hydrogen (secondary N) is 1. The van der Waals surface area contributed by atoms with Gasteiger partial charge in [-0.3, -0.25) is 0 Å². The van der Waals surface area contributed by atoms with Crippen LogP contribution in [0.25, 0.3) is 72.2 Å². The first-order chi connectivity index (χ1) is 28.5. The summed E-state index contributed by atoms with van der Waals surface area (Å²) in [6.45, 7) is 4.62. The Hall–Kier alpha value is -7.16. The van der Waals surface area contributed by atoms with Crippen LogP contribution in [0.4, 0.5) is 0 Å². The second kappa shape index (κ2) is 15.8. The summed E-state index contributed by atoms with van der Waals surface area (Å²) >= 11 is 0. The Morgan fingerprint density at radius 2 is 1.10 bits per heavy atom. The molecular formula is C56H46N2. The van der Waals surface area contributed by atoms with E-state index < -0.39 is 0 Å². The van der Waals surface area contributed by atoms with E-state index in [1.807, 2.05) is 13.2 Å². The lowest BCUT2D eigenvalue weighted by Gasteiger charge is -2.22. The average molecular weight is 747 g/mol. The Kier molecular flexibility index (Phi) is 9.91. The zero-order valence-electron chi connectivity index (χ0n) is 33.2. The lowest BCUT2D eigenvalue weighted by molar-refractivity contribution is 0.665. The van der Waals surface area contributed by atoms with E-state index in [0.717, 1.165) is 0 Å². The van der Waals surface area contributed by atoms with Crippen molar-refractivity contribution >= 4 is 44.2 Å². The minimum Gasteiger partial charge on any atom is -0.394 e. The Labute approximate surface area is 341 Å². The maximum absolute atomic E-state index is 3.06. The van der Waals surface area contributed by atoms with Gasteiger partial charge in [0.2, 0.25) is 0 Å². The highest BCUT2D eigenvalue weighted by atomic mass is 15.0. The molecule has 10 rings (SSSR count). The van der Waals surface area contributed by atoms with Crippen molar-refractivity contribution in [3.63, 3.8) is 0 Å². The van der Waals surface area contributed by atoms with Crippen LogP contribution < -0.4 is 5.32 Å². The van der Waals surface area contributed by atoms with Gasteiger partial charge in [0.25, 0.3) is 0 Å². The SMILES string of the molecule is CN/C=C/C=C1\C(=C/c2ccccc2)C(C)(C)c2ccccc21.c1ccc(-c2cc(-c3ccccc3)cc(-n3c4ccccc4c4c5ccccc5ccc43)c2)cc1. The highest BCUT2D eigenvalue weighted by molar-refractivity contribution is 6.21. The minimum absolute atomic E-state index is 0.00571. The molecular weight excluding hydrogens is 701 g/mol. The zero-order chi connectivity index (χ0) is 39.5. The van der Waals surface area contributed by atoms with Crippen molar-refractivity contribution in [2.45, 2.75) is 19.3 Å². The van der Waals surface area contributed by atoms with E-state index in [1.165, 1.54) is 88.4 Å². The molecule has 1 heterocycles. The van der Waals surface area contributed by atoms with Gasteiger partial charge in [-0.25, -0.2) is 0 Å². The lowest BCUT2D eigenvalue weighted by Crippen LogP contribution is -2.14. The predicted molar refractivity (Wildman–Crippen MR) is 249 cm³/mol. The topological polar surface area (TPSA) is 17.0 Å². The molecule has 2 nitrogen and oxygen atoms in total. The number of rotatable bonds is 6. The minimum atomic E-state index is 0.00571. The Balaban J connectivity index is 0.000000165. The summed E-state index contributed by atoms with van der Waals surface area (Å²) in [6.07, 6.45) is 8.56. The van der Waals surface area contributed by atoms with Crippen molar-refractivity contribution in [3.05, 3.63) is 235 Å². The fraction of sp³-hybridized carbons (Fsp3) is 0.0714. The van der Waals surface area contributed by atoms with Crippen LogP contribution in [-0.4, -0.2) is 11.6 Å². The van der Waals surface area contributed by atoms with E-state index in [-0.39, 0.29) is 5.41 Å². The fourth-order valence-electron chi connectivity index (χ4n) is 8.64. The van der Waals surface area contributed by atoms with Crippen molar-refractivity contribution in [1.82, 2.24) is 9.88 Å². The van der Waals surface area contributed by atoms with Gasteiger partial charge in [0.15, 0.2) is 0 Å².